The van der Waals surface area contributed by atoms with Crippen LogP contribution in [0.3, 0.4) is 0 Å². The third-order valence-electron chi connectivity index (χ3n) is 3.46. The van der Waals surface area contributed by atoms with Crippen molar-refractivity contribution in [3.05, 3.63) is 23.3 Å². The third-order valence-corrected chi connectivity index (χ3v) is 3.46. The van der Waals surface area contributed by atoms with E-state index in [0.717, 1.165) is 24.0 Å². The van der Waals surface area contributed by atoms with Crippen molar-refractivity contribution >= 4 is 11.6 Å². The summed E-state index contributed by atoms with van der Waals surface area (Å²) in [6.45, 7) is 7.34. The minimum atomic E-state index is -1.08. The Balaban J connectivity index is 2.76. The number of hydrogen-bond donors (Lipinski definition) is 1. The van der Waals surface area contributed by atoms with Gasteiger partial charge in [-0.05, 0) is 51.7 Å². The molecule has 0 saturated carbocycles. The van der Waals surface area contributed by atoms with Crippen LogP contribution in [0.1, 0.15) is 40.5 Å². The SMILES string of the molecule is CC(C)=CC(=O)[C@H](O)[C@@H](C)[C@H]1CCC(C)=CC1=O. The van der Waals surface area contributed by atoms with Crippen molar-refractivity contribution in [3.8, 4) is 0 Å². The van der Waals surface area contributed by atoms with Crippen LogP contribution in [0.2, 0.25) is 0 Å². The fraction of sp³-hybridized carbons (Fsp3) is 0.600. The highest BCUT2D eigenvalue weighted by atomic mass is 16.3. The molecule has 0 heterocycles. The summed E-state index contributed by atoms with van der Waals surface area (Å²) >= 11 is 0. The van der Waals surface area contributed by atoms with Gasteiger partial charge in [0.1, 0.15) is 6.10 Å². The van der Waals surface area contributed by atoms with Crippen molar-refractivity contribution in [3.63, 3.8) is 0 Å². The highest BCUT2D eigenvalue weighted by Gasteiger charge is 2.33. The van der Waals surface area contributed by atoms with Gasteiger partial charge in [0, 0.05) is 5.92 Å². The van der Waals surface area contributed by atoms with E-state index in [1.54, 1.807) is 13.0 Å². The molecule has 0 aromatic carbocycles. The summed E-state index contributed by atoms with van der Waals surface area (Å²) in [5.74, 6) is -0.833. The van der Waals surface area contributed by atoms with Crippen molar-refractivity contribution in [2.45, 2.75) is 46.6 Å². The average molecular weight is 250 g/mol. The lowest BCUT2D eigenvalue weighted by atomic mass is 9.77. The lowest BCUT2D eigenvalue weighted by Crippen LogP contribution is -2.36. The molecular formula is C15H22O3. The maximum absolute atomic E-state index is 11.9. The standard InChI is InChI=1S/C15H22O3/c1-9(2)7-14(17)15(18)11(4)12-6-5-10(3)8-13(12)16/h7-8,11-12,15,18H,5-6H2,1-4H3/t11-,12+,15+/m0/s1. The van der Waals surface area contributed by atoms with E-state index in [1.165, 1.54) is 6.08 Å². The van der Waals surface area contributed by atoms with Crippen LogP contribution in [0, 0.1) is 11.8 Å². The summed E-state index contributed by atoms with van der Waals surface area (Å²) < 4.78 is 0. The molecule has 1 aliphatic rings. The highest BCUT2D eigenvalue weighted by molar-refractivity contribution is 5.96. The Bertz CT molecular complexity index is 400. The van der Waals surface area contributed by atoms with Crippen molar-refractivity contribution in [1.82, 2.24) is 0 Å². The molecule has 100 valence electrons. The van der Waals surface area contributed by atoms with E-state index >= 15 is 0 Å². The van der Waals surface area contributed by atoms with Crippen molar-refractivity contribution in [1.29, 1.82) is 0 Å². The van der Waals surface area contributed by atoms with Gasteiger partial charge in [0.25, 0.3) is 0 Å². The average Bonchev–Trinajstić information content (AvgIpc) is 2.26. The van der Waals surface area contributed by atoms with E-state index in [-0.39, 0.29) is 23.4 Å². The number of rotatable bonds is 4. The van der Waals surface area contributed by atoms with Gasteiger partial charge in [-0.1, -0.05) is 18.1 Å². The van der Waals surface area contributed by atoms with Gasteiger partial charge in [0.05, 0.1) is 0 Å². The molecule has 0 spiro atoms. The minimum Gasteiger partial charge on any atom is -0.385 e. The molecule has 3 heteroatoms. The second kappa shape index (κ2) is 6.10. The zero-order valence-electron chi connectivity index (χ0n) is 11.6. The summed E-state index contributed by atoms with van der Waals surface area (Å²) in [4.78, 5) is 23.6. The molecule has 0 aliphatic heterocycles. The first-order chi connectivity index (χ1) is 8.32. The Hall–Kier alpha value is -1.22. The van der Waals surface area contributed by atoms with Gasteiger partial charge < -0.3 is 5.11 Å². The molecule has 0 unspecified atom stereocenters. The first-order valence-electron chi connectivity index (χ1n) is 6.40. The highest BCUT2D eigenvalue weighted by Crippen LogP contribution is 2.29. The largest absolute Gasteiger partial charge is 0.385 e. The Kier molecular flexibility index (Phi) is 5.03. The number of allylic oxidation sites excluding steroid dienone is 3. The lowest BCUT2D eigenvalue weighted by molar-refractivity contribution is -0.129. The molecule has 3 atom stereocenters. The van der Waals surface area contributed by atoms with Gasteiger partial charge in [0.15, 0.2) is 11.6 Å². The van der Waals surface area contributed by atoms with Crippen molar-refractivity contribution in [2.75, 3.05) is 0 Å². The molecule has 0 fully saturated rings. The topological polar surface area (TPSA) is 54.4 Å². The van der Waals surface area contributed by atoms with Gasteiger partial charge in [-0.3, -0.25) is 9.59 Å². The Morgan fingerprint density at radius 2 is 2.11 bits per heavy atom. The van der Waals surface area contributed by atoms with E-state index in [9.17, 15) is 14.7 Å². The summed E-state index contributed by atoms with van der Waals surface area (Å²) in [5, 5.41) is 10.0. The predicted molar refractivity (Wildman–Crippen MR) is 71.1 cm³/mol. The smallest absolute Gasteiger partial charge is 0.184 e. The van der Waals surface area contributed by atoms with Crippen LogP contribution < -0.4 is 0 Å². The maximum Gasteiger partial charge on any atom is 0.184 e. The van der Waals surface area contributed by atoms with Gasteiger partial charge in [0.2, 0.25) is 0 Å². The van der Waals surface area contributed by atoms with Gasteiger partial charge >= 0.3 is 0 Å². The summed E-state index contributed by atoms with van der Waals surface area (Å²) in [6.07, 6.45) is 3.59. The molecule has 0 amide bonds. The van der Waals surface area contributed by atoms with Crippen LogP contribution in [0.25, 0.3) is 0 Å². The lowest BCUT2D eigenvalue weighted by Gasteiger charge is -2.27. The molecule has 1 rings (SSSR count). The fourth-order valence-electron chi connectivity index (χ4n) is 2.32. The maximum atomic E-state index is 11.9. The van der Waals surface area contributed by atoms with E-state index in [0.29, 0.717) is 0 Å². The van der Waals surface area contributed by atoms with Crippen LogP contribution in [0.5, 0.6) is 0 Å². The van der Waals surface area contributed by atoms with E-state index in [2.05, 4.69) is 0 Å². The van der Waals surface area contributed by atoms with E-state index < -0.39 is 6.10 Å². The fourth-order valence-corrected chi connectivity index (χ4v) is 2.32. The number of aliphatic hydroxyl groups is 1. The van der Waals surface area contributed by atoms with Gasteiger partial charge in [-0.25, -0.2) is 0 Å². The Morgan fingerprint density at radius 3 is 2.61 bits per heavy atom. The molecule has 18 heavy (non-hydrogen) atoms. The molecule has 1 aliphatic carbocycles. The monoisotopic (exact) mass is 250 g/mol. The Labute approximate surface area is 109 Å². The van der Waals surface area contributed by atoms with Crippen LogP contribution in [-0.4, -0.2) is 22.8 Å². The van der Waals surface area contributed by atoms with Crippen molar-refractivity contribution in [2.24, 2.45) is 11.8 Å². The minimum absolute atomic E-state index is 0.0373. The Morgan fingerprint density at radius 1 is 1.50 bits per heavy atom. The van der Waals surface area contributed by atoms with Gasteiger partial charge in [-0.15, -0.1) is 0 Å². The number of carbonyl (C=O) groups is 2. The van der Waals surface area contributed by atoms with Gasteiger partial charge in [-0.2, -0.15) is 0 Å². The quantitative estimate of drug-likeness (QED) is 0.780. The molecule has 3 nitrogen and oxygen atoms in total. The molecular weight excluding hydrogens is 228 g/mol. The molecule has 1 N–H and O–H groups in total. The molecule has 0 saturated heterocycles. The number of aliphatic hydroxyl groups excluding tert-OH is 1. The van der Waals surface area contributed by atoms with E-state index in [4.69, 9.17) is 0 Å². The third kappa shape index (κ3) is 3.64. The van der Waals surface area contributed by atoms with Crippen molar-refractivity contribution < 1.29 is 14.7 Å². The first-order valence-corrected chi connectivity index (χ1v) is 6.40. The molecule has 0 aromatic rings. The zero-order valence-corrected chi connectivity index (χ0v) is 11.6. The first kappa shape index (κ1) is 14.8. The van der Waals surface area contributed by atoms with Crippen LogP contribution in [-0.2, 0) is 9.59 Å². The second-order valence-electron chi connectivity index (χ2n) is 5.47. The van der Waals surface area contributed by atoms with Crippen LogP contribution >= 0.6 is 0 Å². The molecule has 0 aromatic heterocycles. The molecule has 0 radical (unpaired) electrons. The van der Waals surface area contributed by atoms with Crippen LogP contribution in [0.15, 0.2) is 23.3 Å². The zero-order chi connectivity index (χ0) is 13.9. The number of ketones is 2. The van der Waals surface area contributed by atoms with E-state index in [1.807, 2.05) is 20.8 Å². The second-order valence-corrected chi connectivity index (χ2v) is 5.47. The summed E-state index contributed by atoms with van der Waals surface area (Å²) in [5.41, 5.74) is 1.94. The summed E-state index contributed by atoms with van der Waals surface area (Å²) in [7, 11) is 0. The number of hydrogen-bond acceptors (Lipinski definition) is 3. The summed E-state index contributed by atoms with van der Waals surface area (Å²) in [6, 6.07) is 0. The molecule has 0 bridgehead atoms. The normalized spacial score (nSPS) is 23.1. The predicted octanol–water partition coefficient (Wildman–Crippen LogP) is 2.44. The number of carbonyl (C=O) groups excluding carboxylic acids is 2. The van der Waals surface area contributed by atoms with Crippen LogP contribution in [0.4, 0.5) is 0 Å².